The molecule has 6 nitrogen and oxygen atoms in total. The average Bonchev–Trinajstić information content (AvgIpc) is 2.67. The lowest BCUT2D eigenvalue weighted by molar-refractivity contribution is 0.218. The zero-order valence-electron chi connectivity index (χ0n) is 18.2. The van der Waals surface area contributed by atoms with Gasteiger partial charge in [-0.25, -0.2) is 9.78 Å². The van der Waals surface area contributed by atoms with Gasteiger partial charge in [0.2, 0.25) is 0 Å². The van der Waals surface area contributed by atoms with Crippen LogP contribution in [0.25, 0.3) is 0 Å². The average molecular weight is 431 g/mol. The summed E-state index contributed by atoms with van der Waals surface area (Å²) in [4.78, 5) is 18.1. The molecule has 0 spiro atoms. The van der Waals surface area contributed by atoms with Crippen molar-refractivity contribution < 1.29 is 9.90 Å². The molecule has 5 N–H and O–H groups in total. The molecular formula is C20H38N4O2S2. The van der Waals surface area contributed by atoms with Crippen molar-refractivity contribution >= 4 is 33.4 Å². The first-order valence-electron chi connectivity index (χ1n) is 9.79. The molecule has 0 aromatic carbocycles. The number of hydrogen-bond donors (Lipinski definition) is 3. The molecule has 0 saturated heterocycles. The van der Waals surface area contributed by atoms with Crippen LogP contribution in [0.15, 0.2) is 28.8 Å². The Hall–Kier alpha value is -1.38. The van der Waals surface area contributed by atoms with E-state index in [1.807, 2.05) is 46.8 Å². The standard InChI is InChI=1S/C12H24N2O2S2.C6H8N2.C2H6/c1-4-8-14(12(13)16)10(5-2)11(7-9-15)18-17-6-3;1-5-3-2-4-6(7)8-5;1-2/h15H,4-9H2,1-3H3,(H2,13,16);2-4H,1H3,(H2,7,8);1-2H3/b11-10-;;. The Balaban J connectivity index is 0. The topological polar surface area (TPSA) is 105 Å². The van der Waals surface area contributed by atoms with E-state index < -0.39 is 6.03 Å². The minimum absolute atomic E-state index is 0.0921. The van der Waals surface area contributed by atoms with Crippen LogP contribution in [0.2, 0.25) is 0 Å². The summed E-state index contributed by atoms with van der Waals surface area (Å²) >= 11 is 0. The quantitative estimate of drug-likeness (QED) is 0.466. The van der Waals surface area contributed by atoms with Gasteiger partial charge >= 0.3 is 6.03 Å². The molecule has 162 valence electrons. The number of hydrogen-bond acceptors (Lipinski definition) is 6. The van der Waals surface area contributed by atoms with E-state index >= 15 is 0 Å². The van der Waals surface area contributed by atoms with E-state index in [-0.39, 0.29) is 6.61 Å². The Morgan fingerprint density at radius 2 is 1.89 bits per heavy atom. The second kappa shape index (κ2) is 19.0. The summed E-state index contributed by atoms with van der Waals surface area (Å²) in [5, 5.41) is 9.14. The number of carbonyl (C=O) groups excluding carboxylic acids is 1. The van der Waals surface area contributed by atoms with Gasteiger partial charge in [-0.05, 0) is 31.9 Å². The first-order chi connectivity index (χ1) is 13.4. The van der Waals surface area contributed by atoms with E-state index in [0.717, 1.165) is 34.9 Å². The molecule has 0 aliphatic heterocycles. The molecule has 0 aliphatic rings. The van der Waals surface area contributed by atoms with Gasteiger partial charge in [-0.2, -0.15) is 0 Å². The van der Waals surface area contributed by atoms with Crippen molar-refractivity contribution in [3.05, 3.63) is 34.5 Å². The van der Waals surface area contributed by atoms with Crippen LogP contribution < -0.4 is 11.5 Å². The fourth-order valence-corrected chi connectivity index (χ4v) is 4.27. The Labute approximate surface area is 178 Å². The molecule has 0 atom stereocenters. The smallest absolute Gasteiger partial charge is 0.319 e. The first-order valence-corrected chi connectivity index (χ1v) is 12.1. The van der Waals surface area contributed by atoms with Crippen LogP contribution in [0, 0.1) is 6.92 Å². The number of carbonyl (C=O) groups is 1. The van der Waals surface area contributed by atoms with Crippen molar-refractivity contribution in [2.75, 3.05) is 24.6 Å². The molecule has 0 aliphatic carbocycles. The summed E-state index contributed by atoms with van der Waals surface area (Å²) in [6, 6.07) is 5.16. The number of urea groups is 1. The molecule has 28 heavy (non-hydrogen) atoms. The van der Waals surface area contributed by atoms with Crippen LogP contribution in [-0.2, 0) is 0 Å². The lowest BCUT2D eigenvalue weighted by Crippen LogP contribution is -2.36. The van der Waals surface area contributed by atoms with Gasteiger partial charge < -0.3 is 16.6 Å². The summed E-state index contributed by atoms with van der Waals surface area (Å²) in [7, 11) is 3.35. The second-order valence-corrected chi connectivity index (χ2v) is 8.06. The molecule has 1 aromatic rings. The van der Waals surface area contributed by atoms with E-state index in [9.17, 15) is 4.79 Å². The van der Waals surface area contributed by atoms with Crippen molar-refractivity contribution in [2.24, 2.45) is 5.73 Å². The van der Waals surface area contributed by atoms with E-state index in [2.05, 4.69) is 11.9 Å². The number of anilines is 1. The van der Waals surface area contributed by atoms with Gasteiger partial charge in [-0.1, -0.05) is 62.3 Å². The van der Waals surface area contributed by atoms with Gasteiger partial charge in [0.25, 0.3) is 0 Å². The zero-order valence-corrected chi connectivity index (χ0v) is 19.8. The maximum atomic E-state index is 11.5. The molecule has 2 amide bonds. The Kier molecular flexibility index (Phi) is 19.5. The fraction of sp³-hybridized carbons (Fsp3) is 0.600. The highest BCUT2D eigenvalue weighted by atomic mass is 33.1. The number of nitrogens with zero attached hydrogens (tertiary/aromatic N) is 2. The minimum atomic E-state index is -0.411. The highest BCUT2D eigenvalue weighted by Gasteiger charge is 2.17. The van der Waals surface area contributed by atoms with Gasteiger partial charge in [0.1, 0.15) is 5.82 Å². The van der Waals surface area contributed by atoms with E-state index in [4.69, 9.17) is 16.6 Å². The predicted molar refractivity (Wildman–Crippen MR) is 126 cm³/mol. The van der Waals surface area contributed by atoms with Crippen LogP contribution in [-0.4, -0.2) is 39.9 Å². The highest BCUT2D eigenvalue weighted by Crippen LogP contribution is 2.36. The first kappa shape index (κ1) is 28.8. The normalized spacial score (nSPS) is 10.7. The van der Waals surface area contributed by atoms with Gasteiger partial charge in [-0.3, -0.25) is 4.90 Å². The second-order valence-electron chi connectivity index (χ2n) is 5.38. The third kappa shape index (κ3) is 12.9. The molecule has 0 bridgehead atoms. The largest absolute Gasteiger partial charge is 0.396 e. The Bertz CT molecular complexity index is 552. The third-order valence-corrected chi connectivity index (χ3v) is 5.88. The lowest BCUT2D eigenvalue weighted by atomic mass is 10.2. The number of nitrogens with two attached hydrogens (primary N) is 2. The van der Waals surface area contributed by atoms with Crippen LogP contribution in [0.3, 0.4) is 0 Å². The number of primary amides is 1. The zero-order chi connectivity index (χ0) is 21.9. The predicted octanol–water partition coefficient (Wildman–Crippen LogP) is 5.18. The number of allylic oxidation sites excluding steroid dienone is 1. The fourth-order valence-electron chi connectivity index (χ4n) is 2.17. The molecule has 1 rings (SSSR count). The van der Waals surface area contributed by atoms with Crippen LogP contribution in [0.1, 0.15) is 59.6 Å². The van der Waals surface area contributed by atoms with Gasteiger partial charge in [-0.15, -0.1) is 0 Å². The van der Waals surface area contributed by atoms with Crippen molar-refractivity contribution in [3.63, 3.8) is 0 Å². The number of pyridine rings is 1. The van der Waals surface area contributed by atoms with Crippen molar-refractivity contribution in [1.82, 2.24) is 9.88 Å². The Morgan fingerprint density at radius 1 is 1.25 bits per heavy atom. The number of aromatic nitrogens is 1. The van der Waals surface area contributed by atoms with Crippen molar-refractivity contribution in [3.8, 4) is 0 Å². The molecule has 0 fully saturated rings. The number of nitrogen functional groups attached to an aromatic ring is 1. The molecule has 0 radical (unpaired) electrons. The highest BCUT2D eigenvalue weighted by molar-refractivity contribution is 8.78. The van der Waals surface area contributed by atoms with Crippen LogP contribution in [0.5, 0.6) is 0 Å². The van der Waals surface area contributed by atoms with Gasteiger partial charge in [0, 0.05) is 41.6 Å². The van der Waals surface area contributed by atoms with E-state index in [1.54, 1.807) is 32.6 Å². The number of aryl methyl sites for hydroxylation is 1. The maximum absolute atomic E-state index is 11.5. The molecule has 0 unspecified atom stereocenters. The molecule has 0 saturated carbocycles. The van der Waals surface area contributed by atoms with Crippen LogP contribution >= 0.6 is 21.6 Å². The van der Waals surface area contributed by atoms with E-state index in [1.165, 1.54) is 0 Å². The molecular weight excluding hydrogens is 392 g/mol. The molecule has 1 heterocycles. The summed E-state index contributed by atoms with van der Waals surface area (Å²) in [5.74, 6) is 1.58. The summed E-state index contributed by atoms with van der Waals surface area (Å²) in [6.45, 7) is 12.7. The third-order valence-electron chi connectivity index (χ3n) is 3.22. The SMILES string of the molecule is CC.CCCN(C(N)=O)/C(CC)=C(/CCO)SSCC.Cc1cccc(N)n1. The lowest BCUT2D eigenvalue weighted by Gasteiger charge is -2.25. The number of aliphatic hydroxyl groups is 1. The maximum Gasteiger partial charge on any atom is 0.319 e. The minimum Gasteiger partial charge on any atom is -0.396 e. The molecule has 8 heteroatoms. The van der Waals surface area contributed by atoms with Crippen molar-refractivity contribution in [2.45, 2.75) is 60.8 Å². The molecule has 1 aromatic heterocycles. The monoisotopic (exact) mass is 430 g/mol. The number of rotatable bonds is 9. The summed E-state index contributed by atoms with van der Waals surface area (Å²) in [6.07, 6.45) is 2.19. The number of aliphatic hydroxyl groups excluding tert-OH is 1. The van der Waals surface area contributed by atoms with Crippen LogP contribution in [0.4, 0.5) is 10.6 Å². The van der Waals surface area contributed by atoms with E-state index in [0.29, 0.717) is 18.8 Å². The van der Waals surface area contributed by atoms with Gasteiger partial charge in [0.05, 0.1) is 0 Å². The summed E-state index contributed by atoms with van der Waals surface area (Å²) in [5.41, 5.74) is 12.7. The summed E-state index contributed by atoms with van der Waals surface area (Å²) < 4.78 is 0. The van der Waals surface area contributed by atoms with Crippen molar-refractivity contribution in [1.29, 1.82) is 0 Å². The number of amides is 2. The van der Waals surface area contributed by atoms with Gasteiger partial charge in [0.15, 0.2) is 0 Å². The Morgan fingerprint density at radius 3 is 2.25 bits per heavy atom.